The zero-order valence-corrected chi connectivity index (χ0v) is 18.4. The first-order valence-electron chi connectivity index (χ1n) is 10.6. The molecule has 0 aliphatic carbocycles. The van der Waals surface area contributed by atoms with Crippen molar-refractivity contribution in [1.29, 1.82) is 0 Å². The number of nitrogens with zero attached hydrogens (tertiary/aromatic N) is 2. The molecule has 2 atom stereocenters. The number of benzene rings is 2. The fourth-order valence-electron chi connectivity index (χ4n) is 4.74. The fraction of sp³-hybridized carbons (Fsp3) is 0.360. The van der Waals surface area contributed by atoms with Gasteiger partial charge in [0.05, 0.1) is 25.5 Å². The molecule has 162 valence electrons. The normalized spacial score (nSPS) is 21.7. The van der Waals surface area contributed by atoms with Crippen LogP contribution in [0.15, 0.2) is 54.2 Å². The molecule has 0 saturated carbocycles. The molecule has 4 rings (SSSR count). The first kappa shape index (κ1) is 21.0. The molecule has 6 nitrogen and oxygen atoms in total. The number of hydrogen-bond donors (Lipinski definition) is 0. The second kappa shape index (κ2) is 8.46. The molecule has 0 bridgehead atoms. The van der Waals surface area contributed by atoms with Crippen LogP contribution in [-0.4, -0.2) is 44.0 Å². The topological polar surface area (TPSA) is 59.1 Å². The number of amides is 2. The van der Waals surface area contributed by atoms with E-state index in [0.29, 0.717) is 45.9 Å². The third-order valence-corrected chi connectivity index (χ3v) is 5.93. The van der Waals surface area contributed by atoms with Gasteiger partial charge >= 0.3 is 0 Å². The highest BCUT2D eigenvalue weighted by Crippen LogP contribution is 2.40. The number of imide groups is 1. The van der Waals surface area contributed by atoms with Gasteiger partial charge in [-0.25, -0.2) is 4.90 Å². The molecular formula is C25H28N2O4. The van der Waals surface area contributed by atoms with Crippen molar-refractivity contribution in [3.05, 3.63) is 59.8 Å². The lowest BCUT2D eigenvalue weighted by Crippen LogP contribution is -2.42. The van der Waals surface area contributed by atoms with Crippen molar-refractivity contribution < 1.29 is 19.1 Å². The predicted molar refractivity (Wildman–Crippen MR) is 120 cm³/mol. The standard InChI is InChI=1S/C25H28N2O4/c1-16-12-17(2)15-26(14-16)23-22(20-10-5-6-11-21(20)31-4)24(28)27(25(23)29)18-8-7-9-19(13-18)30-3/h5-11,13,16-17H,12,14-15H2,1-4H3. The van der Waals surface area contributed by atoms with Crippen LogP contribution in [0.4, 0.5) is 5.69 Å². The summed E-state index contributed by atoms with van der Waals surface area (Å²) < 4.78 is 10.9. The van der Waals surface area contributed by atoms with Gasteiger partial charge in [0, 0.05) is 24.7 Å². The maximum Gasteiger partial charge on any atom is 0.282 e. The molecular weight excluding hydrogens is 392 g/mol. The summed E-state index contributed by atoms with van der Waals surface area (Å²) >= 11 is 0. The third kappa shape index (κ3) is 3.78. The monoisotopic (exact) mass is 420 g/mol. The van der Waals surface area contributed by atoms with Crippen LogP contribution in [-0.2, 0) is 9.59 Å². The first-order chi connectivity index (χ1) is 14.9. The van der Waals surface area contributed by atoms with Crippen molar-refractivity contribution >= 4 is 23.1 Å². The molecule has 2 aromatic carbocycles. The zero-order valence-electron chi connectivity index (χ0n) is 18.4. The average molecular weight is 421 g/mol. The van der Waals surface area contributed by atoms with Crippen molar-refractivity contribution in [3.63, 3.8) is 0 Å². The van der Waals surface area contributed by atoms with Crippen molar-refractivity contribution in [2.75, 3.05) is 32.2 Å². The molecule has 1 fully saturated rings. The Morgan fingerprint density at radius 3 is 2.26 bits per heavy atom. The fourth-order valence-corrected chi connectivity index (χ4v) is 4.74. The van der Waals surface area contributed by atoms with E-state index >= 15 is 0 Å². The van der Waals surface area contributed by atoms with Gasteiger partial charge < -0.3 is 14.4 Å². The number of methoxy groups -OCH3 is 2. The van der Waals surface area contributed by atoms with Crippen molar-refractivity contribution in [3.8, 4) is 11.5 Å². The van der Waals surface area contributed by atoms with Gasteiger partial charge in [0.2, 0.25) is 0 Å². The largest absolute Gasteiger partial charge is 0.497 e. The number of carbonyl (C=O) groups excluding carboxylic acids is 2. The second-order valence-electron chi connectivity index (χ2n) is 8.42. The van der Waals surface area contributed by atoms with Gasteiger partial charge in [-0.1, -0.05) is 38.1 Å². The van der Waals surface area contributed by atoms with E-state index in [-0.39, 0.29) is 11.8 Å². The van der Waals surface area contributed by atoms with Gasteiger partial charge in [-0.3, -0.25) is 9.59 Å². The molecule has 2 heterocycles. The maximum atomic E-state index is 13.7. The minimum atomic E-state index is -0.344. The van der Waals surface area contributed by atoms with E-state index in [1.165, 1.54) is 4.90 Å². The number of carbonyl (C=O) groups is 2. The van der Waals surface area contributed by atoms with E-state index in [0.717, 1.165) is 19.5 Å². The quantitative estimate of drug-likeness (QED) is 0.685. The minimum absolute atomic E-state index is 0.305. The van der Waals surface area contributed by atoms with Crippen LogP contribution in [0, 0.1) is 11.8 Å². The van der Waals surface area contributed by atoms with Crippen LogP contribution in [0.3, 0.4) is 0 Å². The van der Waals surface area contributed by atoms with E-state index in [1.807, 2.05) is 24.3 Å². The van der Waals surface area contributed by atoms with E-state index in [4.69, 9.17) is 9.47 Å². The first-order valence-corrected chi connectivity index (χ1v) is 10.6. The number of anilines is 1. The summed E-state index contributed by atoms with van der Waals surface area (Å²) in [6.07, 6.45) is 1.11. The van der Waals surface area contributed by atoms with Crippen LogP contribution in [0.25, 0.3) is 5.57 Å². The lowest BCUT2D eigenvalue weighted by Gasteiger charge is -2.37. The highest BCUT2D eigenvalue weighted by molar-refractivity contribution is 6.45. The highest BCUT2D eigenvalue weighted by atomic mass is 16.5. The molecule has 0 spiro atoms. The summed E-state index contributed by atoms with van der Waals surface area (Å²) in [4.78, 5) is 30.8. The Morgan fingerprint density at radius 2 is 1.58 bits per heavy atom. The van der Waals surface area contributed by atoms with Crippen LogP contribution < -0.4 is 14.4 Å². The second-order valence-corrected chi connectivity index (χ2v) is 8.42. The van der Waals surface area contributed by atoms with E-state index in [2.05, 4.69) is 18.7 Å². The van der Waals surface area contributed by atoms with E-state index in [9.17, 15) is 9.59 Å². The summed E-state index contributed by atoms with van der Waals surface area (Å²) in [5, 5.41) is 0. The molecule has 2 amide bonds. The number of rotatable bonds is 5. The van der Waals surface area contributed by atoms with Crippen LogP contribution in [0.2, 0.25) is 0 Å². The summed E-state index contributed by atoms with van der Waals surface area (Å²) in [5.74, 6) is 1.38. The predicted octanol–water partition coefficient (Wildman–Crippen LogP) is 3.97. The lowest BCUT2D eigenvalue weighted by molar-refractivity contribution is -0.120. The molecule has 0 aromatic heterocycles. The Balaban J connectivity index is 1.87. The maximum absolute atomic E-state index is 13.7. The Kier molecular flexibility index (Phi) is 5.72. The Hall–Kier alpha value is -3.28. The molecule has 6 heteroatoms. The van der Waals surface area contributed by atoms with E-state index < -0.39 is 0 Å². The van der Waals surface area contributed by atoms with Crippen molar-refractivity contribution in [2.45, 2.75) is 20.3 Å². The van der Waals surface area contributed by atoms with Crippen LogP contribution >= 0.6 is 0 Å². The number of ether oxygens (including phenoxy) is 2. The molecule has 2 aliphatic rings. The third-order valence-electron chi connectivity index (χ3n) is 5.93. The molecule has 2 unspecified atom stereocenters. The number of piperidine rings is 1. The van der Waals surface area contributed by atoms with Crippen LogP contribution in [0.1, 0.15) is 25.8 Å². The van der Waals surface area contributed by atoms with Gasteiger partial charge in [0.25, 0.3) is 11.8 Å². The molecule has 0 N–H and O–H groups in total. The summed E-state index contributed by atoms with van der Waals surface area (Å²) in [6, 6.07) is 14.4. The molecule has 2 aromatic rings. The van der Waals surface area contributed by atoms with E-state index in [1.54, 1.807) is 38.5 Å². The van der Waals surface area contributed by atoms with Crippen molar-refractivity contribution in [1.82, 2.24) is 4.90 Å². The summed E-state index contributed by atoms with van der Waals surface area (Å²) in [6.45, 7) is 5.85. The van der Waals surface area contributed by atoms with Gasteiger partial charge in [0.15, 0.2) is 0 Å². The SMILES string of the molecule is COc1cccc(N2C(=O)C(c3ccccc3OC)=C(N3CC(C)CC(C)C3)C2=O)c1. The number of para-hydroxylation sites is 1. The van der Waals surface area contributed by atoms with Crippen molar-refractivity contribution in [2.24, 2.45) is 11.8 Å². The molecule has 2 aliphatic heterocycles. The Bertz CT molecular complexity index is 1040. The number of hydrogen-bond acceptors (Lipinski definition) is 5. The van der Waals surface area contributed by atoms with Gasteiger partial charge in [-0.2, -0.15) is 0 Å². The molecule has 1 saturated heterocycles. The average Bonchev–Trinajstić information content (AvgIpc) is 3.02. The zero-order chi connectivity index (χ0) is 22.1. The van der Waals surface area contributed by atoms with Gasteiger partial charge in [-0.05, 0) is 36.5 Å². The smallest absolute Gasteiger partial charge is 0.282 e. The molecule has 31 heavy (non-hydrogen) atoms. The number of likely N-dealkylation sites (tertiary alicyclic amines) is 1. The summed E-state index contributed by atoms with van der Waals surface area (Å²) in [7, 11) is 3.14. The molecule has 0 radical (unpaired) electrons. The Labute approximate surface area is 183 Å². The Morgan fingerprint density at radius 1 is 0.871 bits per heavy atom. The van der Waals surface area contributed by atoms with Gasteiger partial charge in [-0.15, -0.1) is 0 Å². The van der Waals surface area contributed by atoms with Gasteiger partial charge in [0.1, 0.15) is 17.2 Å². The highest BCUT2D eigenvalue weighted by Gasteiger charge is 2.44. The lowest BCUT2D eigenvalue weighted by atomic mass is 9.91. The van der Waals surface area contributed by atoms with Crippen LogP contribution in [0.5, 0.6) is 11.5 Å². The minimum Gasteiger partial charge on any atom is -0.497 e. The summed E-state index contributed by atoms with van der Waals surface area (Å²) in [5.41, 5.74) is 1.98.